The van der Waals surface area contributed by atoms with Crippen LogP contribution in [0, 0.1) is 17.8 Å². The predicted molar refractivity (Wildman–Crippen MR) is 33.9 cm³/mol. The lowest BCUT2D eigenvalue weighted by Crippen LogP contribution is -1.89. The summed E-state index contributed by atoms with van der Waals surface area (Å²) in [6.45, 7) is 0. The molecular weight excluding hydrogens is 150 g/mol. The summed E-state index contributed by atoms with van der Waals surface area (Å²) in [5.74, 6) is -1.30. The van der Waals surface area contributed by atoms with Crippen molar-refractivity contribution in [1.29, 1.82) is 0 Å². The van der Waals surface area contributed by atoms with Crippen LogP contribution in [0.15, 0.2) is 18.5 Å². The number of rotatable bonds is 0. The SMILES string of the molecule is Fc1cc(F)c2n[c]cn2c1. The van der Waals surface area contributed by atoms with Gasteiger partial charge in [-0.05, 0) is 0 Å². The molecule has 2 heterocycles. The summed E-state index contributed by atoms with van der Waals surface area (Å²) in [6.07, 6.45) is 4.92. The zero-order valence-electron chi connectivity index (χ0n) is 5.38. The van der Waals surface area contributed by atoms with Gasteiger partial charge in [0.2, 0.25) is 0 Å². The molecule has 0 atom stereocenters. The Bertz CT molecular complexity index is 394. The number of fused-ring (bicyclic) bond motifs is 1. The first-order chi connectivity index (χ1) is 5.27. The monoisotopic (exact) mass is 153 g/mol. The molecule has 2 rings (SSSR count). The number of imidazole rings is 1. The summed E-state index contributed by atoms with van der Waals surface area (Å²) >= 11 is 0. The van der Waals surface area contributed by atoms with Gasteiger partial charge in [0.05, 0.1) is 0 Å². The molecule has 0 spiro atoms. The Kier molecular flexibility index (Phi) is 1.15. The highest BCUT2D eigenvalue weighted by Gasteiger charge is 2.03. The second-order valence-electron chi connectivity index (χ2n) is 2.11. The van der Waals surface area contributed by atoms with Crippen LogP contribution in [0.5, 0.6) is 0 Å². The zero-order chi connectivity index (χ0) is 7.84. The van der Waals surface area contributed by atoms with E-state index in [0.717, 1.165) is 12.3 Å². The van der Waals surface area contributed by atoms with E-state index in [4.69, 9.17) is 0 Å². The van der Waals surface area contributed by atoms with Crippen molar-refractivity contribution in [2.24, 2.45) is 0 Å². The van der Waals surface area contributed by atoms with Gasteiger partial charge < -0.3 is 4.40 Å². The summed E-state index contributed by atoms with van der Waals surface area (Å²) in [5.41, 5.74) is 0.0893. The van der Waals surface area contributed by atoms with E-state index in [0.29, 0.717) is 0 Å². The second-order valence-corrected chi connectivity index (χ2v) is 2.11. The normalized spacial score (nSPS) is 10.7. The minimum atomic E-state index is -0.675. The van der Waals surface area contributed by atoms with Crippen molar-refractivity contribution < 1.29 is 8.78 Å². The number of aromatic nitrogens is 2. The smallest absolute Gasteiger partial charge is 0.174 e. The molecule has 0 aromatic carbocycles. The van der Waals surface area contributed by atoms with Crippen molar-refractivity contribution in [3.8, 4) is 0 Å². The van der Waals surface area contributed by atoms with Crippen molar-refractivity contribution in [2.45, 2.75) is 0 Å². The summed E-state index contributed by atoms with van der Waals surface area (Å²) < 4.78 is 26.5. The van der Waals surface area contributed by atoms with Gasteiger partial charge in [0.25, 0.3) is 0 Å². The fourth-order valence-electron chi connectivity index (χ4n) is 0.902. The molecule has 11 heavy (non-hydrogen) atoms. The highest BCUT2D eigenvalue weighted by molar-refractivity contribution is 5.39. The maximum absolute atomic E-state index is 12.7. The van der Waals surface area contributed by atoms with E-state index in [1.54, 1.807) is 0 Å². The zero-order valence-corrected chi connectivity index (χ0v) is 5.38. The lowest BCUT2D eigenvalue weighted by atomic mass is 10.4. The average molecular weight is 153 g/mol. The second kappa shape index (κ2) is 2.02. The van der Waals surface area contributed by atoms with E-state index in [9.17, 15) is 8.78 Å². The molecular formula is C7H3F2N2. The maximum atomic E-state index is 12.7. The Balaban J connectivity index is 2.91. The van der Waals surface area contributed by atoms with Crippen LogP contribution < -0.4 is 0 Å². The minimum absolute atomic E-state index is 0.0893. The molecule has 0 amide bonds. The van der Waals surface area contributed by atoms with Crippen LogP contribution >= 0.6 is 0 Å². The summed E-state index contributed by atoms with van der Waals surface area (Å²) in [5, 5.41) is 0. The molecule has 2 aromatic heterocycles. The van der Waals surface area contributed by atoms with Crippen LogP contribution in [0.4, 0.5) is 8.78 Å². The molecule has 55 valence electrons. The van der Waals surface area contributed by atoms with Crippen LogP contribution in [-0.4, -0.2) is 9.38 Å². The van der Waals surface area contributed by atoms with Gasteiger partial charge in [0.15, 0.2) is 11.5 Å². The molecule has 4 heteroatoms. The highest BCUT2D eigenvalue weighted by Crippen LogP contribution is 2.08. The van der Waals surface area contributed by atoms with Gasteiger partial charge in [-0.1, -0.05) is 0 Å². The third-order valence-electron chi connectivity index (χ3n) is 1.35. The molecule has 0 N–H and O–H groups in total. The van der Waals surface area contributed by atoms with Crippen molar-refractivity contribution in [3.05, 3.63) is 36.3 Å². The number of nitrogens with zero attached hydrogens (tertiary/aromatic N) is 2. The van der Waals surface area contributed by atoms with E-state index in [1.165, 1.54) is 10.6 Å². The Labute approximate surface area is 61.1 Å². The molecule has 2 nitrogen and oxygen atoms in total. The fourth-order valence-corrected chi connectivity index (χ4v) is 0.902. The quantitative estimate of drug-likeness (QED) is 0.559. The summed E-state index contributed by atoms with van der Waals surface area (Å²) in [7, 11) is 0. The molecule has 0 saturated carbocycles. The van der Waals surface area contributed by atoms with E-state index >= 15 is 0 Å². The van der Waals surface area contributed by atoms with E-state index in [1.807, 2.05) is 0 Å². The third kappa shape index (κ3) is 0.869. The van der Waals surface area contributed by atoms with Gasteiger partial charge >= 0.3 is 0 Å². The van der Waals surface area contributed by atoms with Crippen molar-refractivity contribution in [2.75, 3.05) is 0 Å². The highest BCUT2D eigenvalue weighted by atomic mass is 19.1. The van der Waals surface area contributed by atoms with Crippen LogP contribution in [-0.2, 0) is 0 Å². The summed E-state index contributed by atoms with van der Waals surface area (Å²) in [4.78, 5) is 3.56. The molecule has 0 fully saturated rings. The number of hydrogen-bond donors (Lipinski definition) is 0. The summed E-state index contributed by atoms with van der Waals surface area (Å²) in [6, 6.07) is 0.788. The van der Waals surface area contributed by atoms with E-state index in [2.05, 4.69) is 11.2 Å². The molecule has 0 aliphatic heterocycles. The van der Waals surface area contributed by atoms with E-state index < -0.39 is 11.6 Å². The molecule has 1 radical (unpaired) electrons. The van der Waals surface area contributed by atoms with Gasteiger partial charge in [-0.2, -0.15) is 0 Å². The predicted octanol–water partition coefficient (Wildman–Crippen LogP) is 1.41. The number of hydrogen-bond acceptors (Lipinski definition) is 1. The molecule has 0 saturated heterocycles. The first-order valence-electron chi connectivity index (χ1n) is 2.97. The standard InChI is InChI=1S/C7H3F2N2/c8-5-3-6(9)7-10-1-2-11(7)4-5/h2-4H. The lowest BCUT2D eigenvalue weighted by Gasteiger charge is -1.93. The maximum Gasteiger partial charge on any atom is 0.174 e. The fraction of sp³-hybridized carbons (Fsp3) is 0. The van der Waals surface area contributed by atoms with Gasteiger partial charge in [0.1, 0.15) is 12.0 Å². The Morgan fingerprint density at radius 1 is 1.45 bits per heavy atom. The Morgan fingerprint density at radius 2 is 2.27 bits per heavy atom. The average Bonchev–Trinajstić information content (AvgIpc) is 2.34. The third-order valence-corrected chi connectivity index (χ3v) is 1.35. The van der Waals surface area contributed by atoms with Crippen molar-refractivity contribution >= 4 is 5.65 Å². The van der Waals surface area contributed by atoms with E-state index in [-0.39, 0.29) is 5.65 Å². The first kappa shape index (κ1) is 6.27. The lowest BCUT2D eigenvalue weighted by molar-refractivity contribution is 0.577. The van der Waals surface area contributed by atoms with Gasteiger partial charge in [0, 0.05) is 18.5 Å². The van der Waals surface area contributed by atoms with Crippen LogP contribution in [0.25, 0.3) is 5.65 Å². The minimum Gasteiger partial charge on any atom is -0.301 e. The van der Waals surface area contributed by atoms with Gasteiger partial charge in [-0.25, -0.2) is 13.8 Å². The van der Waals surface area contributed by atoms with Gasteiger partial charge in [-0.3, -0.25) is 0 Å². The molecule has 2 aromatic rings. The molecule has 0 aliphatic carbocycles. The Hall–Kier alpha value is -1.45. The van der Waals surface area contributed by atoms with Crippen LogP contribution in [0.2, 0.25) is 0 Å². The topological polar surface area (TPSA) is 17.3 Å². The largest absolute Gasteiger partial charge is 0.301 e. The molecule has 0 unspecified atom stereocenters. The van der Waals surface area contributed by atoms with Crippen LogP contribution in [0.1, 0.15) is 0 Å². The molecule has 0 bridgehead atoms. The van der Waals surface area contributed by atoms with Crippen molar-refractivity contribution in [3.63, 3.8) is 0 Å². The number of pyridine rings is 1. The Morgan fingerprint density at radius 3 is 3.09 bits per heavy atom. The van der Waals surface area contributed by atoms with Crippen molar-refractivity contribution in [1.82, 2.24) is 9.38 Å². The number of halogens is 2. The van der Waals surface area contributed by atoms with Gasteiger partial charge in [-0.15, -0.1) is 0 Å². The van der Waals surface area contributed by atoms with Crippen LogP contribution in [0.3, 0.4) is 0 Å². The molecule has 0 aliphatic rings. The first-order valence-corrected chi connectivity index (χ1v) is 2.97.